The van der Waals surface area contributed by atoms with Crippen LogP contribution >= 0.6 is 0 Å². The Balaban J connectivity index is 2.00. The molecule has 2 rings (SSSR count). The van der Waals surface area contributed by atoms with Crippen molar-refractivity contribution < 1.29 is 23.9 Å². The van der Waals surface area contributed by atoms with E-state index in [-0.39, 0.29) is 5.91 Å². The zero-order valence-electron chi connectivity index (χ0n) is 14.3. The first-order valence-corrected chi connectivity index (χ1v) is 7.93. The summed E-state index contributed by atoms with van der Waals surface area (Å²) < 4.78 is 4.53. The Hall–Kier alpha value is -2.90. The third kappa shape index (κ3) is 4.34. The number of carbonyl (C=O) groups is 4. The van der Waals surface area contributed by atoms with Crippen LogP contribution in [0.3, 0.4) is 0 Å². The van der Waals surface area contributed by atoms with Gasteiger partial charge in [-0.05, 0) is 44.0 Å². The normalized spacial score (nSPS) is 15.2. The molecule has 0 unspecified atom stereocenters. The van der Waals surface area contributed by atoms with Gasteiger partial charge in [0.2, 0.25) is 5.91 Å². The molecule has 1 aliphatic rings. The van der Waals surface area contributed by atoms with Gasteiger partial charge in [0.15, 0.2) is 0 Å². The molecule has 0 saturated heterocycles. The lowest BCUT2D eigenvalue weighted by atomic mass is 9.97. The van der Waals surface area contributed by atoms with Crippen molar-refractivity contribution in [1.29, 1.82) is 0 Å². The van der Waals surface area contributed by atoms with E-state index < -0.39 is 29.9 Å². The lowest BCUT2D eigenvalue weighted by Gasteiger charge is -2.19. The minimum absolute atomic E-state index is 0.155. The van der Waals surface area contributed by atoms with Crippen molar-refractivity contribution in [3.63, 3.8) is 0 Å². The molecular formula is C17H21N3O5. The van der Waals surface area contributed by atoms with Gasteiger partial charge in [-0.1, -0.05) is 0 Å². The molecule has 134 valence electrons. The first kappa shape index (κ1) is 18.4. The highest BCUT2D eigenvalue weighted by molar-refractivity contribution is 6.01. The number of carbonyl (C=O) groups excluding carboxylic acids is 4. The minimum Gasteiger partial charge on any atom is -0.467 e. The van der Waals surface area contributed by atoms with Crippen LogP contribution in [-0.4, -0.2) is 49.4 Å². The zero-order chi connectivity index (χ0) is 18.6. The summed E-state index contributed by atoms with van der Waals surface area (Å²) in [6.45, 7) is 3.54. The second kappa shape index (κ2) is 7.78. The van der Waals surface area contributed by atoms with Crippen LogP contribution in [0.5, 0.6) is 0 Å². The first-order valence-electron chi connectivity index (χ1n) is 7.93. The van der Waals surface area contributed by atoms with Crippen molar-refractivity contribution in [2.45, 2.75) is 32.4 Å². The minimum atomic E-state index is -0.834. The van der Waals surface area contributed by atoms with Crippen molar-refractivity contribution in [2.24, 2.45) is 0 Å². The average Bonchev–Trinajstić information content (AvgIpc) is 2.60. The monoisotopic (exact) mass is 347 g/mol. The summed E-state index contributed by atoms with van der Waals surface area (Å²) in [6.07, 6.45) is 0.648. The Labute approximate surface area is 145 Å². The highest BCUT2D eigenvalue weighted by Gasteiger charge is 2.23. The summed E-state index contributed by atoms with van der Waals surface area (Å²) in [5.74, 6) is -1.65. The largest absolute Gasteiger partial charge is 0.467 e. The van der Waals surface area contributed by atoms with Gasteiger partial charge in [0.25, 0.3) is 11.8 Å². The molecule has 8 nitrogen and oxygen atoms in total. The molecular weight excluding hydrogens is 326 g/mol. The number of fused-ring (bicyclic) bond motifs is 1. The Bertz CT molecular complexity index is 716. The molecule has 3 N–H and O–H groups in total. The molecule has 0 bridgehead atoms. The number of benzene rings is 1. The summed E-state index contributed by atoms with van der Waals surface area (Å²) in [5, 5.41) is 7.77. The maximum atomic E-state index is 12.3. The summed E-state index contributed by atoms with van der Waals surface area (Å²) in [6, 6.07) is 3.16. The van der Waals surface area contributed by atoms with Gasteiger partial charge in [-0.15, -0.1) is 0 Å². The number of esters is 1. The molecule has 0 spiro atoms. The van der Waals surface area contributed by atoms with Crippen LogP contribution in [0.15, 0.2) is 18.2 Å². The van der Waals surface area contributed by atoms with Gasteiger partial charge in [-0.2, -0.15) is 0 Å². The fourth-order valence-electron chi connectivity index (χ4n) is 2.49. The lowest BCUT2D eigenvalue weighted by molar-refractivity contribution is -0.144. The molecule has 3 amide bonds. The standard InChI is InChI=1S/C17H21N3O5/c1-9(14(21)20-10(2)17(24)25-3)19-15(22)12-4-5-13-11(8-12)6-7-18-16(13)23/h4-5,8-10H,6-7H2,1-3H3,(H,18,23)(H,19,22)(H,20,21)/t9-,10-/m0/s1. The highest BCUT2D eigenvalue weighted by atomic mass is 16.5. The van der Waals surface area contributed by atoms with E-state index in [0.717, 1.165) is 5.56 Å². The van der Waals surface area contributed by atoms with Gasteiger partial charge in [-0.3, -0.25) is 14.4 Å². The number of amides is 3. The molecule has 0 aliphatic carbocycles. The third-order valence-corrected chi connectivity index (χ3v) is 3.95. The van der Waals surface area contributed by atoms with E-state index in [1.165, 1.54) is 21.0 Å². The number of methoxy groups -OCH3 is 1. The van der Waals surface area contributed by atoms with Crippen molar-refractivity contribution in [2.75, 3.05) is 13.7 Å². The summed E-state index contributed by atoms with van der Waals surface area (Å²) >= 11 is 0. The molecule has 2 atom stereocenters. The second-order valence-corrected chi connectivity index (χ2v) is 5.83. The van der Waals surface area contributed by atoms with Crippen LogP contribution in [0.2, 0.25) is 0 Å². The molecule has 8 heteroatoms. The summed E-state index contributed by atoms with van der Waals surface area (Å²) in [4.78, 5) is 47.4. The van der Waals surface area contributed by atoms with E-state index in [1.54, 1.807) is 18.2 Å². The molecule has 1 aromatic rings. The van der Waals surface area contributed by atoms with E-state index in [1.807, 2.05) is 0 Å². The lowest BCUT2D eigenvalue weighted by Crippen LogP contribution is -2.49. The van der Waals surface area contributed by atoms with Crippen LogP contribution in [0.1, 0.15) is 40.1 Å². The Kier molecular flexibility index (Phi) is 5.74. The average molecular weight is 347 g/mol. The van der Waals surface area contributed by atoms with Crippen molar-refractivity contribution in [1.82, 2.24) is 16.0 Å². The molecule has 1 aromatic carbocycles. The molecule has 0 radical (unpaired) electrons. The fraction of sp³-hybridized carbons (Fsp3) is 0.412. The summed E-state index contributed by atoms with van der Waals surface area (Å²) in [7, 11) is 1.23. The van der Waals surface area contributed by atoms with Gasteiger partial charge in [0.1, 0.15) is 12.1 Å². The maximum absolute atomic E-state index is 12.3. The van der Waals surface area contributed by atoms with E-state index in [9.17, 15) is 19.2 Å². The van der Waals surface area contributed by atoms with Crippen LogP contribution in [0.4, 0.5) is 0 Å². The van der Waals surface area contributed by atoms with E-state index in [0.29, 0.717) is 24.1 Å². The van der Waals surface area contributed by atoms with Gasteiger partial charge < -0.3 is 20.7 Å². The van der Waals surface area contributed by atoms with Gasteiger partial charge >= 0.3 is 5.97 Å². The number of hydrogen-bond donors (Lipinski definition) is 3. The quantitative estimate of drug-likeness (QED) is 0.637. The van der Waals surface area contributed by atoms with Crippen molar-refractivity contribution >= 4 is 23.7 Å². The smallest absolute Gasteiger partial charge is 0.328 e. The predicted molar refractivity (Wildman–Crippen MR) is 89.0 cm³/mol. The number of nitrogens with one attached hydrogen (secondary N) is 3. The van der Waals surface area contributed by atoms with Crippen molar-refractivity contribution in [3.05, 3.63) is 34.9 Å². The fourth-order valence-corrected chi connectivity index (χ4v) is 2.49. The van der Waals surface area contributed by atoms with Crippen LogP contribution in [-0.2, 0) is 20.7 Å². The second-order valence-electron chi connectivity index (χ2n) is 5.83. The molecule has 25 heavy (non-hydrogen) atoms. The van der Waals surface area contributed by atoms with E-state index in [4.69, 9.17) is 0 Å². The predicted octanol–water partition coefficient (Wildman–Crippen LogP) is -0.231. The Morgan fingerprint density at radius 1 is 1.16 bits per heavy atom. The maximum Gasteiger partial charge on any atom is 0.328 e. The molecule has 1 aliphatic heterocycles. The van der Waals surface area contributed by atoms with Gasteiger partial charge in [-0.25, -0.2) is 4.79 Å². The number of rotatable bonds is 5. The molecule has 1 heterocycles. The number of hydrogen-bond acceptors (Lipinski definition) is 5. The topological polar surface area (TPSA) is 114 Å². The van der Waals surface area contributed by atoms with Gasteiger partial charge in [0, 0.05) is 17.7 Å². The van der Waals surface area contributed by atoms with Gasteiger partial charge in [0.05, 0.1) is 7.11 Å². The summed E-state index contributed by atoms with van der Waals surface area (Å²) in [5.41, 5.74) is 1.72. The molecule has 0 fully saturated rings. The third-order valence-electron chi connectivity index (χ3n) is 3.95. The Morgan fingerprint density at radius 3 is 2.56 bits per heavy atom. The van der Waals surface area contributed by atoms with Crippen LogP contribution < -0.4 is 16.0 Å². The van der Waals surface area contributed by atoms with Crippen LogP contribution in [0, 0.1) is 0 Å². The van der Waals surface area contributed by atoms with E-state index >= 15 is 0 Å². The molecule has 0 saturated carbocycles. The van der Waals surface area contributed by atoms with Crippen LogP contribution in [0.25, 0.3) is 0 Å². The SMILES string of the molecule is COC(=O)[C@H](C)NC(=O)[C@H](C)NC(=O)c1ccc2c(c1)CCNC2=O. The number of ether oxygens (including phenoxy) is 1. The van der Waals surface area contributed by atoms with E-state index in [2.05, 4.69) is 20.7 Å². The first-order chi connectivity index (χ1) is 11.8. The highest BCUT2D eigenvalue weighted by Crippen LogP contribution is 2.16. The Morgan fingerprint density at radius 2 is 1.88 bits per heavy atom. The zero-order valence-corrected chi connectivity index (χ0v) is 14.3. The van der Waals surface area contributed by atoms with Crippen molar-refractivity contribution in [3.8, 4) is 0 Å². The molecule has 0 aromatic heterocycles.